The lowest BCUT2D eigenvalue weighted by molar-refractivity contribution is -0.125. The Bertz CT molecular complexity index is 617. The number of hydrogen-bond donors (Lipinski definition) is 1. The van der Waals surface area contributed by atoms with Crippen molar-refractivity contribution in [3.05, 3.63) is 60.9 Å². The number of nitrogens with zero attached hydrogens (tertiary/aromatic N) is 2. The summed E-state index contributed by atoms with van der Waals surface area (Å²) in [7, 11) is 0. The average molecular weight is 283 g/mol. The van der Waals surface area contributed by atoms with Crippen LogP contribution in [-0.4, -0.2) is 21.6 Å². The number of carbonyl (C=O) groups is 1. The molecule has 1 unspecified atom stereocenters. The fraction of sp³-hybridized carbons (Fsp3) is 0.250. The molecule has 21 heavy (non-hydrogen) atoms. The normalized spacial score (nSPS) is 17.2. The van der Waals surface area contributed by atoms with E-state index >= 15 is 0 Å². The summed E-state index contributed by atoms with van der Waals surface area (Å²) >= 11 is 0. The van der Waals surface area contributed by atoms with Crippen LogP contribution in [-0.2, 0) is 16.1 Å². The second kappa shape index (κ2) is 6.26. The molecule has 0 saturated carbocycles. The Kier molecular flexibility index (Phi) is 4.00. The molecular formula is C16H17N3O2. The van der Waals surface area contributed by atoms with Crippen LogP contribution in [0.2, 0.25) is 0 Å². The second-order valence-corrected chi connectivity index (χ2v) is 5.00. The lowest BCUT2D eigenvalue weighted by atomic mass is 10.1. The molecule has 1 N–H and O–H groups in total. The van der Waals surface area contributed by atoms with Gasteiger partial charge in [0.25, 0.3) is 5.91 Å². The van der Waals surface area contributed by atoms with Crippen molar-refractivity contribution in [3.63, 3.8) is 0 Å². The van der Waals surface area contributed by atoms with Crippen LogP contribution in [0, 0.1) is 0 Å². The van der Waals surface area contributed by atoms with Gasteiger partial charge in [-0.2, -0.15) is 0 Å². The average Bonchev–Trinajstić information content (AvgIpc) is 3.03. The SMILES string of the molecule is O=C(Nc1ccc(Cn2ccnc2)cc1)C1CCC=CO1. The fourth-order valence-electron chi connectivity index (χ4n) is 2.23. The number of hydrogen-bond acceptors (Lipinski definition) is 3. The van der Waals surface area contributed by atoms with Gasteiger partial charge in [0.15, 0.2) is 6.10 Å². The summed E-state index contributed by atoms with van der Waals surface area (Å²) in [6, 6.07) is 7.81. The van der Waals surface area contributed by atoms with Gasteiger partial charge in [0.1, 0.15) is 0 Å². The van der Waals surface area contributed by atoms with Gasteiger partial charge < -0.3 is 14.6 Å². The van der Waals surface area contributed by atoms with E-state index in [-0.39, 0.29) is 12.0 Å². The molecule has 5 heteroatoms. The summed E-state index contributed by atoms with van der Waals surface area (Å²) in [5, 5.41) is 2.88. The summed E-state index contributed by atoms with van der Waals surface area (Å²) < 4.78 is 7.30. The number of anilines is 1. The fourth-order valence-corrected chi connectivity index (χ4v) is 2.23. The Morgan fingerprint density at radius 3 is 2.90 bits per heavy atom. The van der Waals surface area contributed by atoms with Gasteiger partial charge in [-0.3, -0.25) is 4.79 Å². The highest BCUT2D eigenvalue weighted by molar-refractivity contribution is 5.94. The third kappa shape index (κ3) is 3.51. The van der Waals surface area contributed by atoms with Gasteiger partial charge in [-0.25, -0.2) is 4.98 Å². The number of rotatable bonds is 4. The minimum atomic E-state index is -0.388. The van der Waals surface area contributed by atoms with Crippen LogP contribution in [0.4, 0.5) is 5.69 Å². The van der Waals surface area contributed by atoms with Crippen molar-refractivity contribution in [2.24, 2.45) is 0 Å². The predicted molar refractivity (Wildman–Crippen MR) is 79.6 cm³/mol. The predicted octanol–water partition coefficient (Wildman–Crippen LogP) is 2.56. The number of aromatic nitrogens is 2. The molecule has 1 aliphatic rings. The van der Waals surface area contributed by atoms with Gasteiger partial charge in [-0.1, -0.05) is 12.1 Å². The Morgan fingerprint density at radius 2 is 2.24 bits per heavy atom. The van der Waals surface area contributed by atoms with Crippen molar-refractivity contribution in [2.75, 3.05) is 5.32 Å². The van der Waals surface area contributed by atoms with E-state index in [4.69, 9.17) is 4.74 Å². The van der Waals surface area contributed by atoms with E-state index in [1.807, 2.05) is 41.1 Å². The highest BCUT2D eigenvalue weighted by atomic mass is 16.5. The summed E-state index contributed by atoms with van der Waals surface area (Å²) in [6.45, 7) is 0.769. The van der Waals surface area contributed by atoms with Crippen LogP contribution in [0.15, 0.2) is 55.3 Å². The lowest BCUT2D eigenvalue weighted by Gasteiger charge is -2.18. The van der Waals surface area contributed by atoms with Gasteiger partial charge in [-0.15, -0.1) is 0 Å². The molecule has 0 fully saturated rings. The highest BCUT2D eigenvalue weighted by Crippen LogP contribution is 2.15. The smallest absolute Gasteiger partial charge is 0.265 e. The maximum absolute atomic E-state index is 12.0. The molecule has 0 radical (unpaired) electrons. The van der Waals surface area contributed by atoms with E-state index in [0.717, 1.165) is 30.6 Å². The minimum absolute atomic E-state index is 0.0956. The highest BCUT2D eigenvalue weighted by Gasteiger charge is 2.20. The van der Waals surface area contributed by atoms with Crippen molar-refractivity contribution in [2.45, 2.75) is 25.5 Å². The molecule has 1 aromatic carbocycles. The van der Waals surface area contributed by atoms with E-state index in [1.54, 1.807) is 18.8 Å². The Hall–Kier alpha value is -2.56. The van der Waals surface area contributed by atoms with Crippen LogP contribution in [0.1, 0.15) is 18.4 Å². The number of ether oxygens (including phenoxy) is 1. The van der Waals surface area contributed by atoms with Crippen LogP contribution in [0.3, 0.4) is 0 Å². The van der Waals surface area contributed by atoms with E-state index in [0.29, 0.717) is 0 Å². The summed E-state index contributed by atoms with van der Waals surface area (Å²) in [5.74, 6) is -0.0956. The molecule has 5 nitrogen and oxygen atoms in total. The van der Waals surface area contributed by atoms with E-state index in [2.05, 4.69) is 10.3 Å². The maximum atomic E-state index is 12.0. The van der Waals surface area contributed by atoms with Gasteiger partial charge in [0.2, 0.25) is 0 Å². The second-order valence-electron chi connectivity index (χ2n) is 5.00. The molecule has 0 bridgehead atoms. The molecule has 108 valence electrons. The standard InChI is InChI=1S/C16H17N3O2/c20-16(15-3-1-2-10-21-15)18-14-6-4-13(5-7-14)11-19-9-8-17-12-19/h2,4-10,12,15H,1,3,11H2,(H,18,20). The molecule has 1 atom stereocenters. The Balaban J connectivity index is 1.59. The number of benzene rings is 1. The van der Waals surface area contributed by atoms with Crippen LogP contribution < -0.4 is 5.32 Å². The molecule has 3 rings (SSSR count). The minimum Gasteiger partial charge on any atom is -0.489 e. The largest absolute Gasteiger partial charge is 0.489 e. The van der Waals surface area contributed by atoms with Crippen LogP contribution in [0.25, 0.3) is 0 Å². The van der Waals surface area contributed by atoms with Crippen molar-refractivity contribution in [1.82, 2.24) is 9.55 Å². The number of allylic oxidation sites excluding steroid dienone is 1. The van der Waals surface area contributed by atoms with Gasteiger partial charge in [-0.05, 0) is 36.6 Å². The quantitative estimate of drug-likeness (QED) is 0.938. The first-order valence-corrected chi connectivity index (χ1v) is 6.97. The van der Waals surface area contributed by atoms with E-state index < -0.39 is 0 Å². The summed E-state index contributed by atoms with van der Waals surface area (Å²) in [6.07, 6.45) is 10.2. The molecule has 1 aromatic heterocycles. The summed E-state index contributed by atoms with van der Waals surface area (Å²) in [4.78, 5) is 16.0. The van der Waals surface area contributed by atoms with E-state index in [9.17, 15) is 4.79 Å². The van der Waals surface area contributed by atoms with Crippen molar-refractivity contribution >= 4 is 11.6 Å². The molecule has 1 aliphatic heterocycles. The van der Waals surface area contributed by atoms with Crippen molar-refractivity contribution < 1.29 is 9.53 Å². The molecule has 0 aliphatic carbocycles. The van der Waals surface area contributed by atoms with E-state index in [1.165, 1.54) is 0 Å². The molecule has 0 saturated heterocycles. The zero-order valence-electron chi connectivity index (χ0n) is 11.6. The number of carbonyl (C=O) groups excluding carboxylic acids is 1. The van der Waals surface area contributed by atoms with Crippen LogP contribution in [0.5, 0.6) is 0 Å². The third-order valence-electron chi connectivity index (χ3n) is 3.37. The van der Waals surface area contributed by atoms with Gasteiger partial charge in [0.05, 0.1) is 12.6 Å². The molecule has 2 aromatic rings. The Morgan fingerprint density at radius 1 is 1.38 bits per heavy atom. The number of amides is 1. The number of imidazole rings is 1. The zero-order valence-corrected chi connectivity index (χ0v) is 11.6. The first-order chi connectivity index (χ1) is 10.3. The van der Waals surface area contributed by atoms with Crippen molar-refractivity contribution in [3.8, 4) is 0 Å². The lowest BCUT2D eigenvalue weighted by Crippen LogP contribution is -2.30. The van der Waals surface area contributed by atoms with Crippen molar-refractivity contribution in [1.29, 1.82) is 0 Å². The summed E-state index contributed by atoms with van der Waals surface area (Å²) in [5.41, 5.74) is 1.94. The third-order valence-corrected chi connectivity index (χ3v) is 3.37. The van der Waals surface area contributed by atoms with Gasteiger partial charge >= 0.3 is 0 Å². The first-order valence-electron chi connectivity index (χ1n) is 6.97. The van der Waals surface area contributed by atoms with Gasteiger partial charge in [0, 0.05) is 24.6 Å². The topological polar surface area (TPSA) is 56.2 Å². The number of nitrogens with one attached hydrogen (secondary N) is 1. The first kappa shape index (κ1) is 13.4. The van der Waals surface area contributed by atoms with Crippen LogP contribution >= 0.6 is 0 Å². The molecular weight excluding hydrogens is 266 g/mol. The molecule has 2 heterocycles. The zero-order chi connectivity index (χ0) is 14.5. The monoisotopic (exact) mass is 283 g/mol. The molecule has 1 amide bonds. The molecule has 0 spiro atoms. The Labute approximate surface area is 123 Å². The maximum Gasteiger partial charge on any atom is 0.265 e.